The average molecular weight is 472 g/mol. The molecule has 4 aromatic rings. The largest absolute Gasteiger partial charge is 0.466 e. The van der Waals surface area contributed by atoms with Crippen molar-refractivity contribution in [2.45, 2.75) is 26.1 Å². The Hall–Kier alpha value is -3.77. The molecule has 1 aliphatic heterocycles. The smallest absolute Gasteiger partial charge is 0.281 e. The van der Waals surface area contributed by atoms with Crippen molar-refractivity contribution in [2.24, 2.45) is 0 Å². The van der Waals surface area contributed by atoms with E-state index in [1.54, 1.807) is 18.2 Å². The van der Waals surface area contributed by atoms with Crippen molar-refractivity contribution in [2.75, 3.05) is 18.6 Å². The number of carbonyl (C=O) groups excluding carboxylic acids is 1. The van der Waals surface area contributed by atoms with Crippen LogP contribution in [0.1, 0.15) is 23.3 Å². The highest BCUT2D eigenvalue weighted by molar-refractivity contribution is 6.32. The number of anilines is 1. The molecule has 1 N–H and O–H groups in total. The van der Waals surface area contributed by atoms with Crippen LogP contribution in [0.4, 0.5) is 5.69 Å². The first-order chi connectivity index (χ1) is 15.8. The number of nitrogens with zero attached hydrogens (tertiary/aromatic N) is 7. The van der Waals surface area contributed by atoms with E-state index >= 15 is 0 Å². The first-order valence-corrected chi connectivity index (χ1v) is 10.3. The number of likely N-dealkylation sites (N-methyl/N-ethyl adjacent to an activating group) is 1. The average Bonchev–Trinajstić information content (AvgIpc) is 3.39. The number of furan rings is 1. The molecule has 4 heterocycles. The molecule has 12 nitrogen and oxygen atoms in total. The van der Waals surface area contributed by atoms with Gasteiger partial charge in [0, 0.05) is 17.5 Å². The topological polar surface area (TPSA) is 141 Å². The molecule has 0 aliphatic carbocycles. The van der Waals surface area contributed by atoms with Crippen LogP contribution in [0, 0.1) is 6.92 Å². The van der Waals surface area contributed by atoms with E-state index in [0.717, 1.165) is 10.9 Å². The summed E-state index contributed by atoms with van der Waals surface area (Å²) in [5, 5.41) is 24.0. The van der Waals surface area contributed by atoms with Gasteiger partial charge in [0.05, 0.1) is 13.1 Å². The summed E-state index contributed by atoms with van der Waals surface area (Å²) >= 11 is 6.15. The van der Waals surface area contributed by atoms with Crippen LogP contribution in [0.3, 0.4) is 0 Å². The maximum atomic E-state index is 12.8. The summed E-state index contributed by atoms with van der Waals surface area (Å²) in [5.74, 6) is 0.317. The number of halogens is 1. The van der Waals surface area contributed by atoms with Crippen LogP contribution in [0.25, 0.3) is 11.0 Å². The second-order valence-corrected chi connectivity index (χ2v) is 8.04. The molecule has 0 radical (unpaired) electrons. The highest BCUT2D eigenvalue weighted by Gasteiger charge is 2.27. The lowest BCUT2D eigenvalue weighted by Gasteiger charge is -2.24. The fraction of sp³-hybridized carbons (Fsp3) is 0.300. The van der Waals surface area contributed by atoms with Crippen LogP contribution >= 0.6 is 11.6 Å². The molecule has 0 fully saturated rings. The van der Waals surface area contributed by atoms with Gasteiger partial charge < -0.3 is 19.2 Å². The molecule has 0 saturated heterocycles. The van der Waals surface area contributed by atoms with Gasteiger partial charge >= 0.3 is 0 Å². The molecule has 1 aliphatic rings. The molecule has 0 bridgehead atoms. The summed E-state index contributed by atoms with van der Waals surface area (Å²) in [5.41, 5.74) is 1.07. The lowest BCUT2D eigenvalue weighted by molar-refractivity contribution is -0.121. The molecule has 0 unspecified atom stereocenters. The van der Waals surface area contributed by atoms with Gasteiger partial charge in [-0.3, -0.25) is 14.2 Å². The standard InChI is InChI=1S/C20H18ClN7O5/c1-10-3-14-11(4-12(10)21)5-15(33-14)13(29)6-28-24-16(23-25-28)7-27-9-22-19-18(20(27)31)26(2)17(30)8-32-19/h3-5,9,13,29H,6-8H2,1-2H3/t13-/m0/s1. The maximum Gasteiger partial charge on any atom is 0.281 e. The zero-order chi connectivity index (χ0) is 23.3. The predicted octanol–water partition coefficient (Wildman–Crippen LogP) is 1.07. The lowest BCUT2D eigenvalue weighted by Crippen LogP contribution is -2.41. The second-order valence-electron chi connectivity index (χ2n) is 7.64. The fourth-order valence-electron chi connectivity index (χ4n) is 3.48. The van der Waals surface area contributed by atoms with Crippen LogP contribution in [0.2, 0.25) is 5.02 Å². The Morgan fingerprint density at radius 3 is 2.91 bits per heavy atom. The number of amides is 1. The predicted molar refractivity (Wildman–Crippen MR) is 115 cm³/mol. The Morgan fingerprint density at radius 2 is 2.09 bits per heavy atom. The van der Waals surface area contributed by atoms with Crippen LogP contribution in [0.5, 0.6) is 5.88 Å². The number of aromatic nitrogens is 6. The number of hydrogen-bond donors (Lipinski definition) is 1. The summed E-state index contributed by atoms with van der Waals surface area (Å²) in [7, 11) is 1.49. The van der Waals surface area contributed by atoms with Crippen molar-refractivity contribution in [1.29, 1.82) is 0 Å². The summed E-state index contributed by atoms with van der Waals surface area (Å²) in [6.45, 7) is 1.66. The quantitative estimate of drug-likeness (QED) is 0.452. The zero-order valence-corrected chi connectivity index (χ0v) is 18.4. The number of carbonyl (C=O) groups is 1. The third kappa shape index (κ3) is 3.83. The molecule has 0 saturated carbocycles. The summed E-state index contributed by atoms with van der Waals surface area (Å²) in [4.78, 5) is 31.1. The molecular formula is C20H18ClN7O5. The molecule has 1 atom stereocenters. The van der Waals surface area contributed by atoms with Gasteiger partial charge in [-0.05, 0) is 35.9 Å². The van der Waals surface area contributed by atoms with Gasteiger partial charge in [-0.2, -0.15) is 4.80 Å². The fourth-order valence-corrected chi connectivity index (χ4v) is 3.65. The molecule has 33 heavy (non-hydrogen) atoms. The Kier molecular flexibility index (Phi) is 5.10. The molecule has 1 amide bonds. The number of aliphatic hydroxyl groups is 1. The molecule has 5 rings (SSSR count). The number of ether oxygens (including phenoxy) is 1. The van der Waals surface area contributed by atoms with E-state index in [1.807, 2.05) is 6.92 Å². The summed E-state index contributed by atoms with van der Waals surface area (Å²) in [6.07, 6.45) is 0.269. The molecular weight excluding hydrogens is 454 g/mol. The van der Waals surface area contributed by atoms with Gasteiger partial charge in [0.25, 0.3) is 11.5 Å². The van der Waals surface area contributed by atoms with E-state index in [0.29, 0.717) is 16.4 Å². The minimum atomic E-state index is -1.02. The Morgan fingerprint density at radius 1 is 1.27 bits per heavy atom. The van der Waals surface area contributed by atoms with E-state index < -0.39 is 11.7 Å². The summed E-state index contributed by atoms with van der Waals surface area (Å²) in [6, 6.07) is 5.29. The first kappa shape index (κ1) is 21.1. The van der Waals surface area contributed by atoms with Gasteiger partial charge in [0.2, 0.25) is 5.88 Å². The Labute approximate surface area is 190 Å². The minimum Gasteiger partial charge on any atom is -0.466 e. The number of rotatable bonds is 5. The number of hydrogen-bond acceptors (Lipinski definition) is 9. The first-order valence-electron chi connectivity index (χ1n) is 9.93. The third-order valence-corrected chi connectivity index (χ3v) is 5.72. The molecule has 1 aromatic carbocycles. The number of fused-ring (bicyclic) bond motifs is 2. The van der Waals surface area contributed by atoms with E-state index in [-0.39, 0.29) is 43.0 Å². The Balaban J connectivity index is 1.33. The van der Waals surface area contributed by atoms with Crippen molar-refractivity contribution in [3.63, 3.8) is 0 Å². The number of aliphatic hydroxyl groups excluding tert-OH is 1. The number of tetrazole rings is 1. The second kappa shape index (κ2) is 7.98. The third-order valence-electron chi connectivity index (χ3n) is 5.31. The molecule has 170 valence electrons. The highest BCUT2D eigenvalue weighted by Crippen LogP contribution is 2.29. The van der Waals surface area contributed by atoms with Crippen molar-refractivity contribution >= 4 is 34.2 Å². The molecule has 13 heteroatoms. The number of benzene rings is 1. The van der Waals surface area contributed by atoms with Gasteiger partial charge in [0.1, 0.15) is 23.8 Å². The SMILES string of the molecule is Cc1cc2oc([C@@H](O)Cn3nnc(Cn4cnc5c(c4=O)N(C)C(=O)CO5)n3)cc2cc1Cl. The van der Waals surface area contributed by atoms with Crippen molar-refractivity contribution in [3.8, 4) is 5.88 Å². The van der Waals surface area contributed by atoms with Crippen molar-refractivity contribution in [1.82, 2.24) is 29.8 Å². The normalized spacial score (nSPS) is 14.4. The van der Waals surface area contributed by atoms with E-state index in [2.05, 4.69) is 20.4 Å². The van der Waals surface area contributed by atoms with Crippen molar-refractivity contribution < 1.29 is 19.1 Å². The minimum absolute atomic E-state index is 0.0120. The molecule has 3 aromatic heterocycles. The van der Waals surface area contributed by atoms with Gasteiger partial charge in [-0.15, -0.1) is 10.2 Å². The molecule has 0 spiro atoms. The highest BCUT2D eigenvalue weighted by atomic mass is 35.5. The monoisotopic (exact) mass is 471 g/mol. The maximum absolute atomic E-state index is 12.8. The number of aryl methyl sites for hydroxylation is 1. The zero-order valence-electron chi connectivity index (χ0n) is 17.6. The van der Waals surface area contributed by atoms with Crippen molar-refractivity contribution in [3.05, 3.63) is 57.1 Å². The van der Waals surface area contributed by atoms with Gasteiger partial charge in [-0.25, -0.2) is 4.98 Å². The lowest BCUT2D eigenvalue weighted by atomic mass is 10.2. The van der Waals surface area contributed by atoms with Crippen LogP contribution < -0.4 is 15.2 Å². The Bertz CT molecular complexity index is 1400. The summed E-state index contributed by atoms with van der Waals surface area (Å²) < 4.78 is 12.2. The van der Waals surface area contributed by atoms with Crippen LogP contribution in [-0.4, -0.2) is 54.4 Å². The van der Waals surface area contributed by atoms with Gasteiger partial charge in [-0.1, -0.05) is 11.6 Å². The van der Waals surface area contributed by atoms with Gasteiger partial charge in [0.15, 0.2) is 18.1 Å². The van der Waals surface area contributed by atoms with Crippen LogP contribution in [-0.2, 0) is 17.9 Å². The van der Waals surface area contributed by atoms with E-state index in [4.69, 9.17) is 20.8 Å². The van der Waals surface area contributed by atoms with Crippen LogP contribution in [0.15, 0.2) is 33.7 Å². The van der Waals surface area contributed by atoms with E-state index in [9.17, 15) is 14.7 Å². The van der Waals surface area contributed by atoms with E-state index in [1.165, 1.54) is 27.6 Å².